The molecule has 0 aliphatic heterocycles. The smallest absolute Gasteiger partial charge is 0.333 e. The van der Waals surface area contributed by atoms with Crippen molar-refractivity contribution >= 4 is 12.4 Å². The Morgan fingerprint density at radius 3 is 2.48 bits per heavy atom. The summed E-state index contributed by atoms with van der Waals surface area (Å²) in [6.07, 6.45) is 1.28. The number of nitrogens with one attached hydrogen (secondary N) is 1. The zero-order valence-corrected chi connectivity index (χ0v) is 12.4. The number of ether oxygens (including phenoxy) is 1. The van der Waals surface area contributed by atoms with Gasteiger partial charge in [0.05, 0.1) is 12.3 Å². The average Bonchev–Trinajstić information content (AvgIpc) is 2.90. The second-order valence-electron chi connectivity index (χ2n) is 4.25. The van der Waals surface area contributed by atoms with Crippen LogP contribution >= 0.6 is 12.4 Å². The standard InChI is InChI=1S/C14H17F2N3O.ClH/c1-2-20-13-5-3-11(4-6-13)9-17-10-12-7-8-19(18-12)14(15)16;/h3-8,14,17H,2,9-10H2,1H3;1H. The molecule has 0 fully saturated rings. The summed E-state index contributed by atoms with van der Waals surface area (Å²) in [4.78, 5) is 0. The lowest BCUT2D eigenvalue weighted by Gasteiger charge is -2.06. The van der Waals surface area contributed by atoms with Gasteiger partial charge in [-0.15, -0.1) is 12.4 Å². The van der Waals surface area contributed by atoms with Crippen LogP contribution in [0.2, 0.25) is 0 Å². The average molecular weight is 318 g/mol. The lowest BCUT2D eigenvalue weighted by Crippen LogP contribution is -2.13. The first-order chi connectivity index (χ1) is 9.69. The number of benzene rings is 1. The van der Waals surface area contributed by atoms with Crippen LogP contribution in [0.15, 0.2) is 36.5 Å². The van der Waals surface area contributed by atoms with Gasteiger partial charge in [-0.25, -0.2) is 4.68 Å². The molecule has 1 aromatic carbocycles. The van der Waals surface area contributed by atoms with Gasteiger partial charge in [0.2, 0.25) is 0 Å². The van der Waals surface area contributed by atoms with Crippen LogP contribution in [0.4, 0.5) is 8.78 Å². The van der Waals surface area contributed by atoms with E-state index in [0.29, 0.717) is 30.1 Å². The second-order valence-corrected chi connectivity index (χ2v) is 4.25. The van der Waals surface area contributed by atoms with E-state index in [2.05, 4.69) is 10.4 Å². The van der Waals surface area contributed by atoms with Crippen molar-refractivity contribution in [3.05, 3.63) is 47.8 Å². The Morgan fingerprint density at radius 1 is 1.19 bits per heavy atom. The lowest BCUT2D eigenvalue weighted by atomic mass is 10.2. The molecule has 0 aliphatic carbocycles. The van der Waals surface area contributed by atoms with Gasteiger partial charge in [0.15, 0.2) is 0 Å². The summed E-state index contributed by atoms with van der Waals surface area (Å²) in [6.45, 7) is 1.09. The Morgan fingerprint density at radius 2 is 1.90 bits per heavy atom. The number of alkyl halides is 2. The highest BCUT2D eigenvalue weighted by Crippen LogP contribution is 2.12. The van der Waals surface area contributed by atoms with Crippen molar-refractivity contribution in [3.8, 4) is 5.75 Å². The highest BCUT2D eigenvalue weighted by atomic mass is 35.5. The highest BCUT2D eigenvalue weighted by Gasteiger charge is 2.06. The fraction of sp³-hybridized carbons (Fsp3) is 0.357. The maximum Gasteiger partial charge on any atom is 0.333 e. The van der Waals surface area contributed by atoms with Crippen LogP contribution in [0.25, 0.3) is 0 Å². The van der Waals surface area contributed by atoms with Crippen molar-refractivity contribution in [1.29, 1.82) is 0 Å². The molecule has 0 bridgehead atoms. The molecule has 1 N–H and O–H groups in total. The van der Waals surface area contributed by atoms with Crippen LogP contribution in [-0.2, 0) is 13.1 Å². The molecule has 0 saturated heterocycles. The zero-order chi connectivity index (χ0) is 14.4. The summed E-state index contributed by atoms with van der Waals surface area (Å²) < 4.78 is 30.7. The third-order valence-electron chi connectivity index (χ3n) is 2.73. The van der Waals surface area contributed by atoms with Crippen molar-refractivity contribution in [2.45, 2.75) is 26.6 Å². The van der Waals surface area contributed by atoms with Crippen LogP contribution in [-0.4, -0.2) is 16.4 Å². The van der Waals surface area contributed by atoms with E-state index in [1.165, 1.54) is 6.20 Å². The molecule has 2 rings (SSSR count). The summed E-state index contributed by atoms with van der Waals surface area (Å²) in [5.74, 6) is 0.840. The third kappa shape index (κ3) is 5.32. The van der Waals surface area contributed by atoms with Crippen molar-refractivity contribution in [1.82, 2.24) is 15.1 Å². The van der Waals surface area contributed by atoms with Crippen molar-refractivity contribution in [3.63, 3.8) is 0 Å². The van der Waals surface area contributed by atoms with Gasteiger partial charge in [0.25, 0.3) is 0 Å². The maximum absolute atomic E-state index is 12.3. The molecular weight excluding hydrogens is 300 g/mol. The number of hydrogen-bond donors (Lipinski definition) is 1. The summed E-state index contributed by atoms with van der Waals surface area (Å²) in [5.41, 5.74) is 1.69. The topological polar surface area (TPSA) is 39.1 Å². The highest BCUT2D eigenvalue weighted by molar-refractivity contribution is 5.85. The fourth-order valence-electron chi connectivity index (χ4n) is 1.79. The molecule has 4 nitrogen and oxygen atoms in total. The minimum Gasteiger partial charge on any atom is -0.494 e. The van der Waals surface area contributed by atoms with Gasteiger partial charge in [-0.1, -0.05) is 12.1 Å². The molecule has 0 radical (unpaired) electrons. The second kappa shape index (κ2) is 8.59. The molecule has 0 aliphatic rings. The number of nitrogens with zero attached hydrogens (tertiary/aromatic N) is 2. The van der Waals surface area contributed by atoms with E-state index in [1.54, 1.807) is 6.07 Å². The van der Waals surface area contributed by atoms with E-state index >= 15 is 0 Å². The summed E-state index contributed by atoms with van der Waals surface area (Å²) in [6, 6.07) is 9.33. The number of aromatic nitrogens is 2. The molecule has 0 atom stereocenters. The number of rotatable bonds is 7. The van der Waals surface area contributed by atoms with E-state index in [-0.39, 0.29) is 12.4 Å². The Labute approximate surface area is 128 Å². The van der Waals surface area contributed by atoms with Crippen LogP contribution < -0.4 is 10.1 Å². The van der Waals surface area contributed by atoms with Crippen LogP contribution in [0.1, 0.15) is 24.7 Å². The van der Waals surface area contributed by atoms with Gasteiger partial charge in [0.1, 0.15) is 5.75 Å². The molecule has 0 unspecified atom stereocenters. The first kappa shape index (κ1) is 17.4. The van der Waals surface area contributed by atoms with Crippen molar-refractivity contribution < 1.29 is 13.5 Å². The van der Waals surface area contributed by atoms with Gasteiger partial charge in [0, 0.05) is 19.3 Å². The molecule has 1 heterocycles. The number of hydrogen-bond acceptors (Lipinski definition) is 3. The summed E-state index contributed by atoms with van der Waals surface area (Å²) in [7, 11) is 0. The molecule has 7 heteroatoms. The quantitative estimate of drug-likeness (QED) is 0.851. The van der Waals surface area contributed by atoms with Crippen LogP contribution in [0.5, 0.6) is 5.75 Å². The van der Waals surface area contributed by atoms with Gasteiger partial charge >= 0.3 is 6.55 Å². The van der Waals surface area contributed by atoms with Gasteiger partial charge in [-0.2, -0.15) is 13.9 Å². The Balaban J connectivity index is 0.00000220. The van der Waals surface area contributed by atoms with Gasteiger partial charge in [-0.05, 0) is 30.7 Å². The van der Waals surface area contributed by atoms with E-state index < -0.39 is 6.55 Å². The Bertz CT molecular complexity index is 531. The predicted molar refractivity (Wildman–Crippen MR) is 78.9 cm³/mol. The molecule has 116 valence electrons. The third-order valence-corrected chi connectivity index (χ3v) is 2.73. The van der Waals surface area contributed by atoms with E-state index in [4.69, 9.17) is 4.74 Å². The molecule has 21 heavy (non-hydrogen) atoms. The van der Waals surface area contributed by atoms with E-state index in [9.17, 15) is 8.78 Å². The Kier molecular flexibility index (Phi) is 7.11. The van der Waals surface area contributed by atoms with Crippen molar-refractivity contribution in [2.24, 2.45) is 0 Å². The first-order valence-corrected chi connectivity index (χ1v) is 6.43. The summed E-state index contributed by atoms with van der Waals surface area (Å²) >= 11 is 0. The normalized spacial score (nSPS) is 10.5. The first-order valence-electron chi connectivity index (χ1n) is 6.43. The van der Waals surface area contributed by atoms with Gasteiger partial charge in [-0.3, -0.25) is 0 Å². The fourth-order valence-corrected chi connectivity index (χ4v) is 1.79. The summed E-state index contributed by atoms with van der Waals surface area (Å²) in [5, 5.41) is 6.92. The number of halogens is 3. The van der Waals surface area contributed by atoms with E-state index in [1.807, 2.05) is 31.2 Å². The monoisotopic (exact) mass is 317 g/mol. The van der Waals surface area contributed by atoms with Crippen LogP contribution in [0.3, 0.4) is 0 Å². The Hall–Kier alpha value is -1.66. The molecular formula is C14H18ClF2N3O. The van der Waals surface area contributed by atoms with Gasteiger partial charge < -0.3 is 10.1 Å². The van der Waals surface area contributed by atoms with Crippen LogP contribution in [0, 0.1) is 0 Å². The molecule has 0 amide bonds. The van der Waals surface area contributed by atoms with E-state index in [0.717, 1.165) is 11.3 Å². The largest absolute Gasteiger partial charge is 0.494 e. The molecule has 1 aromatic heterocycles. The molecule has 0 spiro atoms. The van der Waals surface area contributed by atoms with Crippen molar-refractivity contribution in [2.75, 3.05) is 6.61 Å². The molecule has 2 aromatic rings. The maximum atomic E-state index is 12.3. The minimum absolute atomic E-state index is 0. The zero-order valence-electron chi connectivity index (χ0n) is 11.6. The SMILES string of the molecule is CCOc1ccc(CNCc2ccn(C(F)F)n2)cc1.Cl. The predicted octanol–water partition coefficient (Wildman–Crippen LogP) is 3.39. The lowest BCUT2D eigenvalue weighted by molar-refractivity contribution is 0.0561. The minimum atomic E-state index is -2.59. The molecule has 0 saturated carbocycles.